The number of aryl methyl sites for hydroxylation is 1. The van der Waals surface area contributed by atoms with Crippen molar-refractivity contribution in [1.29, 1.82) is 0 Å². The largest absolute Gasteiger partial charge is 0.497 e. The Kier molecular flexibility index (Phi) is 4.62. The van der Waals surface area contributed by atoms with E-state index in [1.165, 1.54) is 0 Å². The normalized spacial score (nSPS) is 17.1. The van der Waals surface area contributed by atoms with Crippen molar-refractivity contribution in [3.8, 4) is 17.0 Å². The molecule has 1 aliphatic heterocycles. The molecular weight excluding hydrogens is 346 g/mol. The molecular formula is C19H21N5O3. The van der Waals surface area contributed by atoms with E-state index < -0.39 is 0 Å². The number of nitrogens with one attached hydrogen (secondary N) is 1. The van der Waals surface area contributed by atoms with Gasteiger partial charge < -0.3 is 14.2 Å². The van der Waals surface area contributed by atoms with Gasteiger partial charge in [-0.25, -0.2) is 0 Å². The predicted molar refractivity (Wildman–Crippen MR) is 97.2 cm³/mol. The van der Waals surface area contributed by atoms with Crippen molar-refractivity contribution in [2.45, 2.75) is 32.2 Å². The number of piperidine rings is 1. The number of ether oxygens (including phenoxy) is 1. The zero-order valence-corrected chi connectivity index (χ0v) is 15.3. The number of likely N-dealkylation sites (tertiary alicyclic amines) is 1. The number of H-pyrrole nitrogens is 1. The van der Waals surface area contributed by atoms with Crippen LogP contribution < -0.4 is 4.74 Å². The summed E-state index contributed by atoms with van der Waals surface area (Å²) >= 11 is 0. The molecule has 1 aliphatic rings. The van der Waals surface area contributed by atoms with Gasteiger partial charge >= 0.3 is 0 Å². The molecule has 140 valence electrons. The van der Waals surface area contributed by atoms with Gasteiger partial charge in [-0.3, -0.25) is 9.89 Å². The van der Waals surface area contributed by atoms with Gasteiger partial charge in [0.1, 0.15) is 11.8 Å². The van der Waals surface area contributed by atoms with E-state index in [1.54, 1.807) is 20.2 Å². The van der Waals surface area contributed by atoms with E-state index in [4.69, 9.17) is 9.26 Å². The molecule has 1 N–H and O–H groups in total. The number of methoxy groups -OCH3 is 1. The Labute approximate surface area is 156 Å². The highest BCUT2D eigenvalue weighted by Gasteiger charge is 2.34. The van der Waals surface area contributed by atoms with Crippen molar-refractivity contribution in [2.75, 3.05) is 13.7 Å². The van der Waals surface area contributed by atoms with Crippen LogP contribution >= 0.6 is 0 Å². The van der Waals surface area contributed by atoms with Crippen molar-refractivity contribution in [1.82, 2.24) is 25.2 Å². The SMILES string of the molecule is COc1cccc(-c2[nH]ncc2C(=O)N2CCCCC2c2nc(C)no2)c1. The summed E-state index contributed by atoms with van der Waals surface area (Å²) in [5, 5.41) is 10.9. The van der Waals surface area contributed by atoms with Crippen LogP contribution in [0.5, 0.6) is 5.75 Å². The maximum atomic E-state index is 13.3. The van der Waals surface area contributed by atoms with Crippen molar-refractivity contribution in [2.24, 2.45) is 0 Å². The fraction of sp³-hybridized carbons (Fsp3) is 0.368. The molecule has 0 aliphatic carbocycles. The summed E-state index contributed by atoms with van der Waals surface area (Å²) in [5.74, 6) is 1.69. The number of amides is 1. The van der Waals surface area contributed by atoms with Crippen molar-refractivity contribution >= 4 is 5.91 Å². The molecule has 0 radical (unpaired) electrons. The second-order valence-corrected chi connectivity index (χ2v) is 6.58. The molecule has 8 nitrogen and oxygen atoms in total. The van der Waals surface area contributed by atoms with Gasteiger partial charge in [0.05, 0.1) is 24.6 Å². The summed E-state index contributed by atoms with van der Waals surface area (Å²) in [6.07, 6.45) is 4.34. The zero-order chi connectivity index (χ0) is 18.8. The van der Waals surface area contributed by atoms with Crippen LogP contribution in [0.2, 0.25) is 0 Å². The van der Waals surface area contributed by atoms with Gasteiger partial charge in [-0.05, 0) is 38.3 Å². The van der Waals surface area contributed by atoms with Crippen LogP contribution in [0.15, 0.2) is 35.0 Å². The fourth-order valence-corrected chi connectivity index (χ4v) is 3.48. The van der Waals surface area contributed by atoms with Crippen LogP contribution in [0.4, 0.5) is 0 Å². The first-order chi connectivity index (χ1) is 13.2. The highest BCUT2D eigenvalue weighted by molar-refractivity contribution is 6.00. The third-order valence-electron chi connectivity index (χ3n) is 4.82. The molecule has 8 heteroatoms. The van der Waals surface area contributed by atoms with Gasteiger partial charge in [-0.2, -0.15) is 10.1 Å². The lowest BCUT2D eigenvalue weighted by atomic mass is 9.99. The second kappa shape index (κ2) is 7.22. The minimum Gasteiger partial charge on any atom is -0.497 e. The molecule has 0 spiro atoms. The minimum atomic E-state index is -0.208. The van der Waals surface area contributed by atoms with Crippen LogP contribution in [0, 0.1) is 6.92 Å². The molecule has 1 unspecified atom stereocenters. The summed E-state index contributed by atoms with van der Waals surface area (Å²) in [6, 6.07) is 7.33. The summed E-state index contributed by atoms with van der Waals surface area (Å²) in [5.41, 5.74) is 2.04. The number of rotatable bonds is 4. The molecule has 4 rings (SSSR count). The molecule has 1 atom stereocenters. The van der Waals surface area contributed by atoms with Crippen LogP contribution in [0.3, 0.4) is 0 Å². The second-order valence-electron chi connectivity index (χ2n) is 6.58. The Morgan fingerprint density at radius 2 is 2.26 bits per heavy atom. The lowest BCUT2D eigenvalue weighted by Crippen LogP contribution is -2.38. The number of hydrogen-bond acceptors (Lipinski definition) is 6. The smallest absolute Gasteiger partial charge is 0.258 e. The monoisotopic (exact) mass is 367 g/mol. The molecule has 0 bridgehead atoms. The van der Waals surface area contributed by atoms with Crippen molar-refractivity contribution in [3.63, 3.8) is 0 Å². The van der Waals surface area contributed by atoms with Gasteiger partial charge in [0, 0.05) is 12.1 Å². The first kappa shape index (κ1) is 17.3. The van der Waals surface area contributed by atoms with E-state index >= 15 is 0 Å². The third kappa shape index (κ3) is 3.30. The average molecular weight is 367 g/mol. The Morgan fingerprint density at radius 1 is 1.37 bits per heavy atom. The Hall–Kier alpha value is -3.16. The maximum Gasteiger partial charge on any atom is 0.258 e. The number of nitrogens with zero attached hydrogens (tertiary/aromatic N) is 4. The zero-order valence-electron chi connectivity index (χ0n) is 15.3. The lowest BCUT2D eigenvalue weighted by Gasteiger charge is -2.33. The van der Waals surface area contributed by atoms with Gasteiger partial charge in [0.15, 0.2) is 5.82 Å². The fourth-order valence-electron chi connectivity index (χ4n) is 3.48. The molecule has 1 fully saturated rings. The van der Waals surface area contributed by atoms with E-state index in [-0.39, 0.29) is 11.9 Å². The van der Waals surface area contributed by atoms with Crippen molar-refractivity contribution in [3.05, 3.63) is 47.7 Å². The molecule has 0 saturated carbocycles. The number of hydrogen-bond donors (Lipinski definition) is 1. The van der Waals surface area contributed by atoms with Crippen LogP contribution in [-0.2, 0) is 0 Å². The Morgan fingerprint density at radius 3 is 3.04 bits per heavy atom. The van der Waals surface area contributed by atoms with Crippen LogP contribution in [-0.4, -0.2) is 44.8 Å². The predicted octanol–water partition coefficient (Wildman–Crippen LogP) is 3.14. The first-order valence-corrected chi connectivity index (χ1v) is 8.96. The number of aromatic nitrogens is 4. The van der Waals surface area contributed by atoms with E-state index in [0.29, 0.717) is 29.5 Å². The summed E-state index contributed by atoms with van der Waals surface area (Å²) < 4.78 is 10.6. The molecule has 27 heavy (non-hydrogen) atoms. The van der Waals surface area contributed by atoms with Crippen LogP contribution in [0.25, 0.3) is 11.3 Å². The lowest BCUT2D eigenvalue weighted by molar-refractivity contribution is 0.0562. The highest BCUT2D eigenvalue weighted by Crippen LogP contribution is 2.33. The number of carbonyl (C=O) groups is 1. The first-order valence-electron chi connectivity index (χ1n) is 8.96. The number of aromatic amines is 1. The molecule has 1 amide bonds. The highest BCUT2D eigenvalue weighted by atomic mass is 16.5. The topological polar surface area (TPSA) is 97.1 Å². The molecule has 1 aromatic carbocycles. The third-order valence-corrected chi connectivity index (χ3v) is 4.82. The number of carbonyl (C=O) groups excluding carboxylic acids is 1. The quantitative estimate of drug-likeness (QED) is 0.761. The summed E-state index contributed by atoms with van der Waals surface area (Å²) in [7, 11) is 1.61. The minimum absolute atomic E-state index is 0.0953. The van der Waals surface area contributed by atoms with Gasteiger partial charge in [0.25, 0.3) is 5.91 Å². The molecule has 1 saturated heterocycles. The van der Waals surface area contributed by atoms with E-state index in [2.05, 4.69) is 20.3 Å². The van der Waals surface area contributed by atoms with E-state index in [0.717, 1.165) is 30.6 Å². The van der Waals surface area contributed by atoms with Gasteiger partial charge in [-0.15, -0.1) is 0 Å². The summed E-state index contributed by atoms with van der Waals surface area (Å²) in [4.78, 5) is 19.5. The van der Waals surface area contributed by atoms with Gasteiger partial charge in [-0.1, -0.05) is 17.3 Å². The van der Waals surface area contributed by atoms with E-state index in [9.17, 15) is 4.79 Å². The summed E-state index contributed by atoms with van der Waals surface area (Å²) in [6.45, 7) is 2.42. The number of benzene rings is 1. The Bertz CT molecular complexity index is 948. The molecule has 3 heterocycles. The molecule has 2 aromatic heterocycles. The average Bonchev–Trinajstić information content (AvgIpc) is 3.36. The van der Waals surface area contributed by atoms with E-state index in [1.807, 2.05) is 29.2 Å². The standard InChI is InChI=1S/C19H21N5O3/c1-12-21-18(27-23-12)16-8-3-4-9-24(16)19(25)15-11-20-22-17(15)13-6-5-7-14(10-13)26-2/h5-7,10-11,16H,3-4,8-9H2,1-2H3,(H,20,22). The van der Waals surface area contributed by atoms with Crippen LogP contribution in [0.1, 0.15) is 47.4 Å². The van der Waals surface area contributed by atoms with Crippen molar-refractivity contribution < 1.29 is 14.1 Å². The van der Waals surface area contributed by atoms with Gasteiger partial charge in [0.2, 0.25) is 5.89 Å². The molecule has 3 aromatic rings. The Balaban J connectivity index is 1.67. The maximum absolute atomic E-state index is 13.3.